The Morgan fingerprint density at radius 2 is 2.00 bits per heavy atom. The highest BCUT2D eigenvalue weighted by Gasteiger charge is 2.63. The summed E-state index contributed by atoms with van der Waals surface area (Å²) in [5.74, 6) is -1.39. The normalized spacial score (nSPS) is 30.1. The van der Waals surface area contributed by atoms with Gasteiger partial charge in [0.25, 0.3) is 0 Å². The summed E-state index contributed by atoms with van der Waals surface area (Å²) in [4.78, 5) is 4.02. The summed E-state index contributed by atoms with van der Waals surface area (Å²) in [5, 5.41) is 16.1. The van der Waals surface area contributed by atoms with Crippen LogP contribution in [0.3, 0.4) is 0 Å². The van der Waals surface area contributed by atoms with Gasteiger partial charge in [0.2, 0.25) is 5.79 Å². The maximum Gasteiger partial charge on any atom is 0.240 e. The van der Waals surface area contributed by atoms with Gasteiger partial charge < -0.3 is 20.3 Å². The number of hydrogen-bond acceptors (Lipinski definition) is 6. The summed E-state index contributed by atoms with van der Waals surface area (Å²) < 4.78 is 14.2. The summed E-state index contributed by atoms with van der Waals surface area (Å²) in [6, 6.07) is 13.5. The Kier molecular flexibility index (Phi) is 4.61. The molecule has 4 atom stereocenters. The summed E-state index contributed by atoms with van der Waals surface area (Å²) in [5.41, 5.74) is 7.11. The van der Waals surface area contributed by atoms with Crippen LogP contribution >= 0.6 is 0 Å². The second-order valence-electron chi connectivity index (χ2n) is 7.54. The summed E-state index contributed by atoms with van der Waals surface area (Å²) in [6.45, 7) is 6.36. The minimum atomic E-state index is -1.69. The van der Waals surface area contributed by atoms with Crippen LogP contribution in [-0.4, -0.2) is 31.4 Å². The van der Waals surface area contributed by atoms with Crippen LogP contribution in [0, 0.1) is 5.92 Å². The zero-order chi connectivity index (χ0) is 19.9. The van der Waals surface area contributed by atoms with E-state index in [2.05, 4.69) is 17.0 Å². The third kappa shape index (κ3) is 2.70. The van der Waals surface area contributed by atoms with E-state index in [-0.39, 0.29) is 12.0 Å². The quantitative estimate of drug-likeness (QED) is 0.705. The van der Waals surface area contributed by atoms with Crippen LogP contribution in [0.15, 0.2) is 48.8 Å². The number of nitrogens with zero attached hydrogens (tertiary/aromatic N) is 3. The second kappa shape index (κ2) is 6.84. The van der Waals surface area contributed by atoms with E-state index in [0.717, 1.165) is 12.0 Å². The number of fused-ring (bicyclic) bond motifs is 1. The SMILES string of the molecule is CC[C@H]1OC(O)(c2ccc3c(N)ncnn23)[C@](C)(OCc2ccccc2)[C@@H]1C. The van der Waals surface area contributed by atoms with E-state index in [1.807, 2.05) is 44.2 Å². The first-order valence-corrected chi connectivity index (χ1v) is 9.57. The molecule has 0 radical (unpaired) electrons. The average molecular weight is 382 g/mol. The zero-order valence-electron chi connectivity index (χ0n) is 16.4. The van der Waals surface area contributed by atoms with Gasteiger partial charge in [-0.15, -0.1) is 0 Å². The molecule has 1 fully saturated rings. The number of nitrogen functional groups attached to an aromatic ring is 1. The van der Waals surface area contributed by atoms with Gasteiger partial charge in [-0.2, -0.15) is 5.10 Å². The third-order valence-corrected chi connectivity index (χ3v) is 6.03. The van der Waals surface area contributed by atoms with E-state index >= 15 is 0 Å². The van der Waals surface area contributed by atoms with Gasteiger partial charge in [0, 0.05) is 5.92 Å². The second-order valence-corrected chi connectivity index (χ2v) is 7.54. The van der Waals surface area contributed by atoms with Crippen molar-refractivity contribution >= 4 is 11.3 Å². The Morgan fingerprint density at radius 1 is 1.25 bits per heavy atom. The smallest absolute Gasteiger partial charge is 0.240 e. The Bertz CT molecular complexity index is 976. The Labute approximate surface area is 164 Å². The summed E-state index contributed by atoms with van der Waals surface area (Å²) in [7, 11) is 0. The molecule has 1 aromatic carbocycles. The molecular formula is C21H26N4O3. The van der Waals surface area contributed by atoms with E-state index in [4.69, 9.17) is 15.2 Å². The molecule has 1 aliphatic heterocycles. The predicted octanol–water partition coefficient (Wildman–Crippen LogP) is 2.88. The molecule has 4 rings (SSSR count). The van der Waals surface area contributed by atoms with Gasteiger partial charge in [0.1, 0.15) is 23.1 Å². The Morgan fingerprint density at radius 3 is 2.71 bits per heavy atom. The van der Waals surface area contributed by atoms with Crippen molar-refractivity contribution in [2.24, 2.45) is 5.92 Å². The Hall–Kier alpha value is -2.48. The molecular weight excluding hydrogens is 356 g/mol. The number of hydrogen-bond donors (Lipinski definition) is 2. The van der Waals surface area contributed by atoms with Crippen LogP contribution < -0.4 is 5.73 Å². The van der Waals surface area contributed by atoms with Crippen molar-refractivity contribution in [3.63, 3.8) is 0 Å². The standard InChI is InChI=1S/C21H26N4O3/c1-4-17-14(2)20(3,27-12-15-8-6-5-7-9-15)21(26,28-17)18-11-10-16-19(22)23-13-24-25(16)18/h5-11,13-14,17,26H,4,12H2,1-3H3,(H2,22,23,24)/t14-,17-,20-,21?/m1/s1. The lowest BCUT2D eigenvalue weighted by Gasteiger charge is -2.39. The number of benzene rings is 1. The molecule has 0 bridgehead atoms. The molecule has 0 spiro atoms. The summed E-state index contributed by atoms with van der Waals surface area (Å²) >= 11 is 0. The minimum Gasteiger partial charge on any atom is -0.382 e. The number of aromatic nitrogens is 3. The van der Waals surface area contributed by atoms with Crippen molar-refractivity contribution in [1.29, 1.82) is 0 Å². The van der Waals surface area contributed by atoms with Crippen LogP contribution in [-0.2, 0) is 21.9 Å². The first-order chi connectivity index (χ1) is 13.4. The molecule has 1 unspecified atom stereocenters. The maximum atomic E-state index is 11.8. The van der Waals surface area contributed by atoms with E-state index in [1.54, 1.807) is 16.6 Å². The fourth-order valence-electron chi connectivity index (χ4n) is 4.10. The topological polar surface area (TPSA) is 94.9 Å². The van der Waals surface area contributed by atoms with Gasteiger partial charge in [0.05, 0.1) is 12.7 Å². The van der Waals surface area contributed by atoms with Gasteiger partial charge in [-0.05, 0) is 31.0 Å². The first-order valence-electron chi connectivity index (χ1n) is 9.57. The Balaban J connectivity index is 1.78. The van der Waals surface area contributed by atoms with E-state index < -0.39 is 11.4 Å². The molecule has 3 aromatic rings. The van der Waals surface area contributed by atoms with Crippen LogP contribution in [0.25, 0.3) is 5.52 Å². The molecule has 1 saturated heterocycles. The van der Waals surface area contributed by atoms with Crippen LogP contribution in [0.5, 0.6) is 0 Å². The molecule has 0 aliphatic carbocycles. The van der Waals surface area contributed by atoms with Crippen molar-refractivity contribution in [3.8, 4) is 0 Å². The monoisotopic (exact) mass is 382 g/mol. The molecule has 1 aliphatic rings. The van der Waals surface area contributed by atoms with Gasteiger partial charge in [-0.25, -0.2) is 9.50 Å². The van der Waals surface area contributed by atoms with Crippen molar-refractivity contribution in [3.05, 3.63) is 60.0 Å². The van der Waals surface area contributed by atoms with Gasteiger partial charge in [0.15, 0.2) is 5.82 Å². The van der Waals surface area contributed by atoms with Crippen molar-refractivity contribution in [2.75, 3.05) is 5.73 Å². The number of nitrogens with two attached hydrogens (primary N) is 1. The third-order valence-electron chi connectivity index (χ3n) is 6.03. The molecule has 3 N–H and O–H groups in total. The van der Waals surface area contributed by atoms with Crippen molar-refractivity contribution in [1.82, 2.24) is 14.6 Å². The number of anilines is 1. The first kappa shape index (κ1) is 18.9. The fraction of sp³-hybridized carbons (Fsp3) is 0.429. The van der Waals surface area contributed by atoms with E-state index in [0.29, 0.717) is 23.6 Å². The molecule has 7 nitrogen and oxygen atoms in total. The summed E-state index contributed by atoms with van der Waals surface area (Å²) in [6.07, 6.45) is 1.97. The van der Waals surface area contributed by atoms with Gasteiger partial charge in [-0.3, -0.25) is 0 Å². The van der Waals surface area contributed by atoms with Gasteiger partial charge >= 0.3 is 0 Å². The highest BCUT2D eigenvalue weighted by atomic mass is 16.7. The maximum absolute atomic E-state index is 11.8. The predicted molar refractivity (Wildman–Crippen MR) is 105 cm³/mol. The number of rotatable bonds is 5. The molecule has 7 heteroatoms. The molecule has 3 heterocycles. The van der Waals surface area contributed by atoms with Crippen LogP contribution in [0.1, 0.15) is 38.4 Å². The van der Waals surface area contributed by atoms with Gasteiger partial charge in [-0.1, -0.05) is 44.2 Å². The van der Waals surface area contributed by atoms with Crippen molar-refractivity contribution in [2.45, 2.75) is 51.3 Å². The average Bonchev–Trinajstić information content (AvgIpc) is 3.23. The molecule has 28 heavy (non-hydrogen) atoms. The highest BCUT2D eigenvalue weighted by Crippen LogP contribution is 2.52. The lowest BCUT2D eigenvalue weighted by atomic mass is 9.81. The number of ether oxygens (including phenoxy) is 2. The molecule has 0 saturated carbocycles. The minimum absolute atomic E-state index is 0.0454. The van der Waals surface area contributed by atoms with Crippen LogP contribution in [0.4, 0.5) is 5.82 Å². The van der Waals surface area contributed by atoms with E-state index in [1.165, 1.54) is 6.33 Å². The lowest BCUT2D eigenvalue weighted by molar-refractivity contribution is -0.288. The lowest BCUT2D eigenvalue weighted by Crippen LogP contribution is -2.52. The van der Waals surface area contributed by atoms with E-state index in [9.17, 15) is 5.11 Å². The number of aliphatic hydroxyl groups is 1. The highest BCUT2D eigenvalue weighted by molar-refractivity contribution is 5.65. The van der Waals surface area contributed by atoms with Crippen molar-refractivity contribution < 1.29 is 14.6 Å². The zero-order valence-corrected chi connectivity index (χ0v) is 16.4. The largest absolute Gasteiger partial charge is 0.382 e. The molecule has 2 aromatic heterocycles. The molecule has 148 valence electrons. The van der Waals surface area contributed by atoms with Crippen LogP contribution in [0.2, 0.25) is 0 Å². The fourth-order valence-corrected chi connectivity index (χ4v) is 4.10. The molecule has 0 amide bonds.